The summed E-state index contributed by atoms with van der Waals surface area (Å²) in [7, 11) is -0.0508. The van der Waals surface area contributed by atoms with Crippen LogP contribution in [0.15, 0.2) is 41.6 Å². The van der Waals surface area contributed by atoms with Crippen molar-refractivity contribution in [2.45, 2.75) is 31.8 Å². The van der Waals surface area contributed by atoms with Gasteiger partial charge in [-0.3, -0.25) is 9.58 Å². The highest BCUT2D eigenvalue weighted by Crippen LogP contribution is 2.15. The first-order valence-electron chi connectivity index (χ1n) is 8.02. The van der Waals surface area contributed by atoms with Gasteiger partial charge in [0.25, 0.3) is 0 Å². The van der Waals surface area contributed by atoms with Gasteiger partial charge in [0.2, 0.25) is 10.0 Å². The summed E-state index contributed by atoms with van der Waals surface area (Å²) in [5, 5.41) is 4.22. The summed E-state index contributed by atoms with van der Waals surface area (Å²) >= 11 is 0. The molecule has 0 saturated heterocycles. The Morgan fingerprint density at radius 1 is 1.17 bits per heavy atom. The normalized spacial score (nSPS) is 12.2. The van der Waals surface area contributed by atoms with Crippen molar-refractivity contribution >= 4 is 10.0 Å². The smallest absolute Gasteiger partial charge is 0.240 e. The third-order valence-corrected chi connectivity index (χ3v) is 5.13. The minimum Gasteiger partial charge on any atom is -0.294 e. The lowest BCUT2D eigenvalue weighted by Gasteiger charge is -2.24. The SMILES string of the molecule is CNS(=O)(=O)c1ccc(CN(Cc2cnn(C)c2)CC(C)C)cc1. The summed E-state index contributed by atoms with van der Waals surface area (Å²) in [4.78, 5) is 2.64. The van der Waals surface area contributed by atoms with E-state index in [1.54, 1.807) is 16.8 Å². The molecule has 6 nitrogen and oxygen atoms in total. The van der Waals surface area contributed by atoms with Gasteiger partial charge in [-0.2, -0.15) is 5.10 Å². The van der Waals surface area contributed by atoms with Crippen LogP contribution < -0.4 is 4.72 Å². The number of aryl methyl sites for hydroxylation is 1. The van der Waals surface area contributed by atoms with Gasteiger partial charge in [-0.25, -0.2) is 13.1 Å². The van der Waals surface area contributed by atoms with E-state index in [-0.39, 0.29) is 4.90 Å². The maximum atomic E-state index is 11.8. The molecule has 0 unspecified atom stereocenters. The third-order valence-electron chi connectivity index (χ3n) is 3.70. The van der Waals surface area contributed by atoms with Gasteiger partial charge in [-0.05, 0) is 30.7 Å². The van der Waals surface area contributed by atoms with Crippen LogP contribution in [-0.4, -0.2) is 36.7 Å². The van der Waals surface area contributed by atoms with Gasteiger partial charge in [-0.15, -0.1) is 0 Å². The summed E-state index contributed by atoms with van der Waals surface area (Å²) in [5.74, 6) is 0.547. The number of nitrogens with zero attached hydrogens (tertiary/aromatic N) is 3. The van der Waals surface area contributed by atoms with Gasteiger partial charge < -0.3 is 0 Å². The van der Waals surface area contributed by atoms with Gasteiger partial charge >= 0.3 is 0 Å². The number of nitrogens with one attached hydrogen (secondary N) is 1. The van der Waals surface area contributed by atoms with Crippen molar-refractivity contribution in [1.29, 1.82) is 0 Å². The van der Waals surface area contributed by atoms with E-state index in [0.717, 1.165) is 25.2 Å². The Hall–Kier alpha value is -1.70. The van der Waals surface area contributed by atoms with Crippen LogP contribution in [0.25, 0.3) is 0 Å². The molecule has 1 N–H and O–H groups in total. The molecule has 0 aliphatic heterocycles. The van der Waals surface area contributed by atoms with Crippen molar-refractivity contribution < 1.29 is 8.42 Å². The molecule has 132 valence electrons. The molecule has 2 aromatic rings. The molecule has 0 saturated carbocycles. The molecule has 0 atom stereocenters. The van der Waals surface area contributed by atoms with Crippen molar-refractivity contribution in [1.82, 2.24) is 19.4 Å². The zero-order valence-electron chi connectivity index (χ0n) is 14.7. The Bertz CT molecular complexity index is 751. The molecule has 1 heterocycles. The summed E-state index contributed by atoms with van der Waals surface area (Å²) in [6, 6.07) is 7.05. The molecule has 0 aliphatic rings. The Morgan fingerprint density at radius 3 is 2.29 bits per heavy atom. The Kier molecular flexibility index (Phi) is 6.15. The lowest BCUT2D eigenvalue weighted by Crippen LogP contribution is -2.27. The van der Waals surface area contributed by atoms with Crippen LogP contribution in [0.5, 0.6) is 0 Å². The van der Waals surface area contributed by atoms with Crippen LogP contribution >= 0.6 is 0 Å². The largest absolute Gasteiger partial charge is 0.294 e. The molecule has 0 radical (unpaired) electrons. The summed E-state index contributed by atoms with van der Waals surface area (Å²) in [5.41, 5.74) is 2.27. The van der Waals surface area contributed by atoms with Gasteiger partial charge in [0, 0.05) is 38.4 Å². The summed E-state index contributed by atoms with van der Waals surface area (Å²) < 4.78 is 27.7. The van der Waals surface area contributed by atoms with E-state index in [2.05, 4.69) is 28.6 Å². The number of hydrogen-bond donors (Lipinski definition) is 1. The Labute approximate surface area is 144 Å². The minimum atomic E-state index is -3.38. The lowest BCUT2D eigenvalue weighted by atomic mass is 10.1. The molecular formula is C17H26N4O2S. The Balaban J connectivity index is 2.11. The van der Waals surface area contributed by atoms with E-state index < -0.39 is 10.0 Å². The molecular weight excluding hydrogens is 324 g/mol. The number of rotatable bonds is 8. The maximum absolute atomic E-state index is 11.8. The quantitative estimate of drug-likeness (QED) is 0.791. The van der Waals surface area contributed by atoms with Gasteiger partial charge in [0.15, 0.2) is 0 Å². The van der Waals surface area contributed by atoms with E-state index in [0.29, 0.717) is 5.92 Å². The van der Waals surface area contributed by atoms with E-state index in [1.165, 1.54) is 12.6 Å². The van der Waals surface area contributed by atoms with E-state index in [4.69, 9.17) is 0 Å². The van der Waals surface area contributed by atoms with Crippen LogP contribution in [0.4, 0.5) is 0 Å². The molecule has 0 fully saturated rings. The number of sulfonamides is 1. The van der Waals surface area contributed by atoms with Crippen molar-refractivity contribution in [3.05, 3.63) is 47.8 Å². The summed E-state index contributed by atoms with van der Waals surface area (Å²) in [6.07, 6.45) is 3.91. The molecule has 1 aromatic heterocycles. The zero-order chi connectivity index (χ0) is 17.7. The molecule has 0 spiro atoms. The number of hydrogen-bond acceptors (Lipinski definition) is 4. The molecule has 2 rings (SSSR count). The van der Waals surface area contributed by atoms with Crippen LogP contribution in [0, 0.1) is 5.92 Å². The minimum absolute atomic E-state index is 0.288. The average Bonchev–Trinajstić information content (AvgIpc) is 2.92. The second-order valence-corrected chi connectivity index (χ2v) is 8.32. The second-order valence-electron chi connectivity index (χ2n) is 6.44. The van der Waals surface area contributed by atoms with Gasteiger partial charge in [-0.1, -0.05) is 26.0 Å². The molecule has 7 heteroatoms. The zero-order valence-corrected chi connectivity index (χ0v) is 15.5. The van der Waals surface area contributed by atoms with Crippen molar-refractivity contribution in [3.8, 4) is 0 Å². The average molecular weight is 350 g/mol. The van der Waals surface area contributed by atoms with Crippen LogP contribution in [0.3, 0.4) is 0 Å². The summed E-state index contributed by atoms with van der Waals surface area (Å²) in [6.45, 7) is 6.94. The van der Waals surface area contributed by atoms with Crippen LogP contribution in [0.1, 0.15) is 25.0 Å². The van der Waals surface area contributed by atoms with E-state index in [1.807, 2.05) is 31.6 Å². The topological polar surface area (TPSA) is 67.2 Å². The first-order valence-corrected chi connectivity index (χ1v) is 9.51. The number of aromatic nitrogens is 2. The van der Waals surface area contributed by atoms with Crippen molar-refractivity contribution in [2.24, 2.45) is 13.0 Å². The van der Waals surface area contributed by atoms with Gasteiger partial charge in [0.1, 0.15) is 0 Å². The molecule has 0 bridgehead atoms. The predicted octanol–water partition coefficient (Wildman–Crippen LogP) is 1.99. The van der Waals surface area contributed by atoms with Gasteiger partial charge in [0.05, 0.1) is 11.1 Å². The molecule has 1 aromatic carbocycles. The highest BCUT2D eigenvalue weighted by molar-refractivity contribution is 7.89. The maximum Gasteiger partial charge on any atom is 0.240 e. The van der Waals surface area contributed by atoms with Crippen molar-refractivity contribution in [3.63, 3.8) is 0 Å². The van der Waals surface area contributed by atoms with Crippen LogP contribution in [-0.2, 0) is 30.2 Å². The predicted molar refractivity (Wildman–Crippen MR) is 94.8 cm³/mol. The molecule has 0 amide bonds. The second kappa shape index (κ2) is 7.92. The fourth-order valence-corrected chi connectivity index (χ4v) is 3.39. The van der Waals surface area contributed by atoms with E-state index >= 15 is 0 Å². The lowest BCUT2D eigenvalue weighted by molar-refractivity contribution is 0.227. The first-order chi connectivity index (χ1) is 11.3. The number of benzene rings is 1. The highest BCUT2D eigenvalue weighted by atomic mass is 32.2. The fraction of sp³-hybridized carbons (Fsp3) is 0.471. The highest BCUT2D eigenvalue weighted by Gasteiger charge is 2.13. The van der Waals surface area contributed by atoms with Crippen LogP contribution in [0.2, 0.25) is 0 Å². The Morgan fingerprint density at radius 2 is 1.79 bits per heavy atom. The molecule has 24 heavy (non-hydrogen) atoms. The fourth-order valence-electron chi connectivity index (χ4n) is 2.66. The third kappa shape index (κ3) is 5.15. The monoisotopic (exact) mass is 350 g/mol. The van der Waals surface area contributed by atoms with E-state index in [9.17, 15) is 8.42 Å². The first kappa shape index (κ1) is 18.6. The van der Waals surface area contributed by atoms with Crippen molar-refractivity contribution in [2.75, 3.05) is 13.6 Å². The standard InChI is InChI=1S/C17H26N4O2S/c1-14(2)10-21(13-16-9-19-20(4)11-16)12-15-5-7-17(8-6-15)24(22,23)18-3/h5-9,11,14,18H,10,12-13H2,1-4H3. The molecule has 0 aliphatic carbocycles.